The zero-order chi connectivity index (χ0) is 102. The highest BCUT2D eigenvalue weighted by molar-refractivity contribution is 6.03. The van der Waals surface area contributed by atoms with Gasteiger partial charge in [0.1, 0.15) is 28.2 Å². The quantitative estimate of drug-likeness (QED) is 0.121. The van der Waals surface area contributed by atoms with E-state index >= 15 is 0 Å². The predicted molar refractivity (Wildman–Crippen MR) is 584 cm³/mol. The van der Waals surface area contributed by atoms with Crippen LogP contribution in [0.25, 0.3) is 133 Å². The summed E-state index contributed by atoms with van der Waals surface area (Å²) in [6, 6.07) is 89.6. The Balaban J connectivity index is 0.000000117. The van der Waals surface area contributed by atoms with Gasteiger partial charge in [-0.05, 0) is 308 Å². The van der Waals surface area contributed by atoms with Crippen molar-refractivity contribution in [2.75, 3.05) is 0 Å². The molecular formula is C134H150N4+4. The highest BCUT2D eigenvalue weighted by atomic mass is 14.9. The first-order chi connectivity index (χ1) is 68.3. The first kappa shape index (κ1) is 86.6. The fourth-order valence-electron chi connectivity index (χ4n) is 25.6. The third-order valence-electron chi connectivity index (χ3n) is 35.4. The van der Waals surface area contributed by atoms with Crippen molar-refractivity contribution < 1.29 is 26.5 Å². The van der Waals surface area contributed by atoms with E-state index in [1.54, 1.807) is 0 Å². The first-order valence-electron chi connectivity index (χ1n) is 55.0. The zero-order valence-corrected chi connectivity index (χ0v) is 86.7. The van der Waals surface area contributed by atoms with Crippen LogP contribution in [0.3, 0.4) is 0 Å². The number of hydrogen-bond donors (Lipinski definition) is 0. The molecule has 702 valence electrons. The Kier molecular flexibility index (Phi) is 22.9. The van der Waals surface area contributed by atoms with Crippen LogP contribution in [0, 0.1) is 39.5 Å². The van der Waals surface area contributed by atoms with Gasteiger partial charge in [0, 0.05) is 84.1 Å². The highest BCUT2D eigenvalue weighted by Gasteiger charge is 2.52. The van der Waals surface area contributed by atoms with Crippen LogP contribution in [0.15, 0.2) is 267 Å². The average Bonchev–Trinajstić information content (AvgIpc) is 0.792. The predicted octanol–water partition coefficient (Wildman–Crippen LogP) is 33.1. The molecule has 3 fully saturated rings. The maximum Gasteiger partial charge on any atom is 0.213 e. The van der Waals surface area contributed by atoms with E-state index in [0.29, 0.717) is 0 Å². The van der Waals surface area contributed by atoms with E-state index in [1.807, 2.05) is 32.2 Å². The summed E-state index contributed by atoms with van der Waals surface area (Å²) in [7, 11) is 8.45. The molecule has 12 aromatic carbocycles. The van der Waals surface area contributed by atoms with Crippen molar-refractivity contribution in [2.24, 2.45) is 40.0 Å². The molecule has 0 amide bonds. The summed E-state index contributed by atoms with van der Waals surface area (Å²) in [4.78, 5) is 0. The first-order valence-corrected chi connectivity index (χ1v) is 52.0. The normalized spacial score (nSPS) is 18.6. The smallest absolute Gasteiger partial charge is 0.201 e. The van der Waals surface area contributed by atoms with E-state index in [-0.39, 0.29) is 44.3 Å². The zero-order valence-electron chi connectivity index (χ0n) is 92.7. The van der Waals surface area contributed by atoms with Gasteiger partial charge < -0.3 is 0 Å². The van der Waals surface area contributed by atoms with Crippen molar-refractivity contribution in [1.29, 1.82) is 0 Å². The van der Waals surface area contributed by atoms with Crippen LogP contribution in [0.1, 0.15) is 296 Å². The minimum Gasteiger partial charge on any atom is -0.201 e. The van der Waals surface area contributed by atoms with Crippen LogP contribution in [-0.4, -0.2) is 0 Å². The number of nitrogens with zero attached hydrogens (tertiary/aromatic N) is 4. The van der Waals surface area contributed by atoms with E-state index in [1.165, 1.54) is 206 Å². The maximum atomic E-state index is 9.27. The molecule has 3 saturated carbocycles. The van der Waals surface area contributed by atoms with Gasteiger partial charge in [-0.25, -0.2) is 18.3 Å². The molecule has 16 aromatic rings. The van der Waals surface area contributed by atoms with Gasteiger partial charge in [0.2, 0.25) is 22.8 Å². The molecule has 7 aliphatic carbocycles. The van der Waals surface area contributed by atoms with Crippen LogP contribution in [-0.2, 0) is 86.3 Å². The summed E-state index contributed by atoms with van der Waals surface area (Å²) in [5.74, 6) is -0.900. The fourth-order valence-corrected chi connectivity index (χ4v) is 25.6. The Bertz CT molecular complexity index is 7820. The molecular weight excluding hydrogens is 1670 g/mol. The Morgan fingerprint density at radius 3 is 1.24 bits per heavy atom. The summed E-state index contributed by atoms with van der Waals surface area (Å²) in [6.07, 6.45) is 23.0. The van der Waals surface area contributed by atoms with Crippen molar-refractivity contribution in [3.05, 3.63) is 356 Å². The van der Waals surface area contributed by atoms with E-state index in [0.717, 1.165) is 118 Å². The molecule has 4 aromatic heterocycles. The lowest BCUT2D eigenvalue weighted by molar-refractivity contribution is -0.660. The lowest BCUT2D eigenvalue weighted by Crippen LogP contribution is -2.45. The van der Waals surface area contributed by atoms with Gasteiger partial charge in [0.25, 0.3) is 0 Å². The van der Waals surface area contributed by atoms with Gasteiger partial charge in [-0.3, -0.25) is 0 Å². The van der Waals surface area contributed by atoms with Gasteiger partial charge in [-0.15, -0.1) is 0 Å². The molecule has 138 heavy (non-hydrogen) atoms. The molecule has 0 bridgehead atoms. The van der Waals surface area contributed by atoms with Gasteiger partial charge in [0.15, 0.2) is 24.8 Å². The van der Waals surface area contributed by atoms with Gasteiger partial charge >= 0.3 is 0 Å². The number of aryl methyl sites for hydroxylation is 9. The van der Waals surface area contributed by atoms with E-state index in [9.17, 15) is 4.11 Å². The summed E-state index contributed by atoms with van der Waals surface area (Å²) in [5, 5.41) is 10.6. The Morgan fingerprint density at radius 2 is 0.674 bits per heavy atom. The molecule has 7 aliphatic rings. The Morgan fingerprint density at radius 1 is 0.297 bits per heavy atom. The number of pyridine rings is 4. The molecule has 0 spiro atoms. The largest absolute Gasteiger partial charge is 0.213 e. The molecule has 4 heteroatoms. The maximum absolute atomic E-state index is 9.27. The topological polar surface area (TPSA) is 15.5 Å². The SMILES string of the molecule is [2H]C([2H])(c1cc[n+](C)c(-c2c(C)ccc3c2C(C)(C)C(C)(C)c2c-3ccc3ccccc23)c1)C1CCCCC1.[2H]C([2H])(c1cc[n+](C)c(-c2c(C)ccc3c2CCc2c-3ccc3ccccc23)c1)C(C)C.[2H]C1(c2cc[n+](C)c(-c3cc4c(cc3C)C(C)(C)C(C)(C)c3c-4ccc4ccccc34)c2)CCCC1.[2H]C1(c2cc[n+](C)c(-c3cc4c(cc3C)C(C)(C)C(C)(C)c3ccc5ccccc5c3-4)c2)CCCCC1. The average molecular weight is 1820 g/mol. The van der Waals surface area contributed by atoms with Crippen LogP contribution in [0.2, 0.25) is 0 Å². The van der Waals surface area contributed by atoms with Crippen molar-refractivity contribution in [3.8, 4) is 89.5 Å². The molecule has 4 heterocycles. The van der Waals surface area contributed by atoms with Gasteiger partial charge in [0.05, 0.1) is 11.1 Å². The molecule has 0 N–H and O–H groups in total. The van der Waals surface area contributed by atoms with E-state index in [4.69, 9.17) is 4.11 Å². The van der Waals surface area contributed by atoms with Crippen LogP contribution >= 0.6 is 0 Å². The lowest BCUT2D eigenvalue weighted by Gasteiger charge is -2.49. The second kappa shape index (κ2) is 36.5. The van der Waals surface area contributed by atoms with Crippen molar-refractivity contribution in [3.63, 3.8) is 0 Å². The molecule has 0 aliphatic heterocycles. The van der Waals surface area contributed by atoms with Crippen molar-refractivity contribution >= 4 is 43.1 Å². The second-order valence-electron chi connectivity index (χ2n) is 45.5. The minimum absolute atomic E-state index is 0.00349. The number of benzene rings is 12. The van der Waals surface area contributed by atoms with Gasteiger partial charge in [-0.1, -0.05) is 343 Å². The number of fused-ring (bicyclic) bond motifs is 20. The standard InChI is InChI=1S/C36H42N.C35H40N.C34H38N.C29H30N/c1-24-16-18-30-29-19-17-27-14-10-11-15-28(27)33(29)35(2,3)36(4,5)34(30)32(24)31-23-26(20-21-37(31)6)22-25-12-8-7-9-13-25;1-23-20-31-29(22-28(23)32-21-26(18-19-36(32)6)24-12-8-7-9-13-24)33-27-15-11-10-14-25(27)16-17-30(33)34(2,3)35(31,4)5;1-22-19-30-29(21-28(22)31-20-25(17-18-35(31)6)23-11-7-8-12-23)27-16-15-24-13-9-10-14-26(24)32(27)34(4,5)33(30,2)3;1-19(2)17-21-15-16-30(4)28(18-21)29-20(3)9-11-26-25-12-10-22-7-5-6-8-23(22)24(25)13-14-27(26)29/h10-11,14-21,23,25H,7-9,12-13,22H2,1-6H3;10-11,14-22,24H,7-9,12-13H2,1-6H3;9-10,13-21,23H,7-8,11-12H2,1-6H3;5-12,15-16,18-19H,13-14,17H2,1-4H3/q4*+1/i22D2;24D;23D;17D2. The summed E-state index contributed by atoms with van der Waals surface area (Å²) in [5.41, 5.74) is 40.5. The van der Waals surface area contributed by atoms with Crippen LogP contribution in [0.5, 0.6) is 0 Å². The van der Waals surface area contributed by atoms with Crippen molar-refractivity contribution in [1.82, 2.24) is 0 Å². The van der Waals surface area contributed by atoms with E-state index in [2.05, 4.69) is 406 Å². The number of hydrogen-bond acceptors (Lipinski definition) is 0. The number of aromatic nitrogens is 4. The van der Waals surface area contributed by atoms with Crippen LogP contribution in [0.4, 0.5) is 0 Å². The molecule has 0 radical (unpaired) electrons. The van der Waals surface area contributed by atoms with Crippen molar-refractivity contribution in [2.45, 2.75) is 284 Å². The third-order valence-corrected chi connectivity index (χ3v) is 35.4. The lowest BCUT2D eigenvalue weighted by atomic mass is 9.53. The monoisotopic (exact) mass is 1820 g/mol. The number of rotatable bonds is 10. The van der Waals surface area contributed by atoms with E-state index < -0.39 is 24.5 Å². The summed E-state index contributed by atoms with van der Waals surface area (Å²) >= 11 is 0. The molecule has 23 rings (SSSR count). The third kappa shape index (κ3) is 16.2. The molecule has 0 unspecified atom stereocenters. The second-order valence-corrected chi connectivity index (χ2v) is 45.5. The summed E-state index contributed by atoms with van der Waals surface area (Å²) in [6.45, 7) is 41.8. The highest BCUT2D eigenvalue weighted by Crippen LogP contribution is 2.62. The minimum atomic E-state index is -1.36. The molecule has 4 nitrogen and oxygen atoms in total. The molecule has 0 saturated heterocycles. The Labute approximate surface area is 834 Å². The van der Waals surface area contributed by atoms with Crippen LogP contribution < -0.4 is 18.3 Å². The Hall–Kier alpha value is -11.7. The summed E-state index contributed by atoms with van der Waals surface area (Å²) < 4.78 is 62.9. The molecule has 0 atom stereocenters. The fraction of sp³-hybridized carbons (Fsp3) is 0.373. The van der Waals surface area contributed by atoms with Gasteiger partial charge in [-0.2, -0.15) is 0 Å².